The number of nitro groups is 1. The van der Waals surface area contributed by atoms with Crippen molar-refractivity contribution in [2.45, 2.75) is 19.4 Å². The van der Waals surface area contributed by atoms with Crippen molar-refractivity contribution >= 4 is 29.0 Å². The standard InChI is InChI=1S/C25H32N4O7/c1-3-35-24(30)17-22(28-11-9-26-10-12-28)18-5-4-6-20(15-18)27-21-8-7-19(16-23(21)29(32)33)25(31)36-14-13-34-2/h4-8,15-16,22,26-27H,3,9-14,17H2,1-2H3. The molecular weight excluding hydrogens is 468 g/mol. The highest BCUT2D eigenvalue weighted by Crippen LogP contribution is 2.32. The van der Waals surface area contributed by atoms with Gasteiger partial charge in [-0.2, -0.15) is 0 Å². The molecule has 0 saturated carbocycles. The number of rotatable bonds is 12. The Labute approximate surface area is 209 Å². The molecular formula is C25H32N4O7. The first-order valence-electron chi connectivity index (χ1n) is 11.8. The van der Waals surface area contributed by atoms with E-state index in [9.17, 15) is 19.7 Å². The second kappa shape index (κ2) is 13.5. The number of ether oxygens (including phenoxy) is 3. The molecule has 2 aromatic rings. The van der Waals surface area contributed by atoms with Gasteiger partial charge in [-0.25, -0.2) is 4.79 Å². The third-order valence-electron chi connectivity index (χ3n) is 5.76. The maximum absolute atomic E-state index is 12.3. The molecule has 1 aliphatic heterocycles. The minimum atomic E-state index is -0.665. The fourth-order valence-corrected chi connectivity index (χ4v) is 4.02. The van der Waals surface area contributed by atoms with Crippen molar-refractivity contribution in [3.63, 3.8) is 0 Å². The van der Waals surface area contributed by atoms with Crippen LogP contribution < -0.4 is 10.6 Å². The molecule has 0 amide bonds. The monoisotopic (exact) mass is 500 g/mol. The second-order valence-corrected chi connectivity index (χ2v) is 8.18. The molecule has 11 heteroatoms. The third kappa shape index (κ3) is 7.48. The number of carbonyl (C=O) groups is 2. The smallest absolute Gasteiger partial charge is 0.338 e. The number of methoxy groups -OCH3 is 1. The number of nitrogens with one attached hydrogen (secondary N) is 2. The Hall–Kier alpha value is -3.54. The molecule has 0 bridgehead atoms. The van der Waals surface area contributed by atoms with Crippen LogP contribution in [0.25, 0.3) is 0 Å². The molecule has 0 aromatic heterocycles. The maximum Gasteiger partial charge on any atom is 0.338 e. The van der Waals surface area contributed by atoms with E-state index in [1.165, 1.54) is 25.3 Å². The second-order valence-electron chi connectivity index (χ2n) is 8.18. The van der Waals surface area contributed by atoms with Crippen LogP contribution in [-0.2, 0) is 19.0 Å². The van der Waals surface area contributed by atoms with Gasteiger partial charge in [-0.1, -0.05) is 12.1 Å². The lowest BCUT2D eigenvalue weighted by atomic mass is 10.0. The molecule has 11 nitrogen and oxygen atoms in total. The van der Waals surface area contributed by atoms with Gasteiger partial charge in [-0.15, -0.1) is 0 Å². The van der Waals surface area contributed by atoms with Gasteiger partial charge >= 0.3 is 11.9 Å². The Kier molecular flexibility index (Phi) is 10.2. The summed E-state index contributed by atoms with van der Waals surface area (Å²) in [6.45, 7) is 5.59. The predicted molar refractivity (Wildman–Crippen MR) is 133 cm³/mol. The lowest BCUT2D eigenvalue weighted by Crippen LogP contribution is -2.45. The summed E-state index contributed by atoms with van der Waals surface area (Å²) in [6, 6.07) is 11.4. The molecule has 3 rings (SSSR count). The average Bonchev–Trinajstić information content (AvgIpc) is 2.88. The Balaban J connectivity index is 1.83. The van der Waals surface area contributed by atoms with Gasteiger partial charge < -0.3 is 24.8 Å². The average molecular weight is 501 g/mol. The number of anilines is 2. The number of nitro benzene ring substituents is 1. The summed E-state index contributed by atoms with van der Waals surface area (Å²) in [7, 11) is 1.48. The molecule has 0 radical (unpaired) electrons. The minimum Gasteiger partial charge on any atom is -0.466 e. The van der Waals surface area contributed by atoms with E-state index in [4.69, 9.17) is 14.2 Å². The van der Waals surface area contributed by atoms with Crippen molar-refractivity contribution in [2.75, 3.05) is 58.4 Å². The fraction of sp³-hybridized carbons (Fsp3) is 0.440. The molecule has 1 atom stereocenters. The van der Waals surface area contributed by atoms with Crippen LogP contribution in [0.5, 0.6) is 0 Å². The van der Waals surface area contributed by atoms with Gasteiger partial charge in [0.05, 0.1) is 30.1 Å². The van der Waals surface area contributed by atoms with E-state index >= 15 is 0 Å². The van der Waals surface area contributed by atoms with Gasteiger partial charge in [0.25, 0.3) is 5.69 Å². The van der Waals surface area contributed by atoms with Gasteiger partial charge in [-0.3, -0.25) is 19.8 Å². The van der Waals surface area contributed by atoms with Crippen LogP contribution in [0.15, 0.2) is 42.5 Å². The summed E-state index contributed by atoms with van der Waals surface area (Å²) in [5.41, 5.74) is 1.57. The summed E-state index contributed by atoms with van der Waals surface area (Å²) in [6.07, 6.45) is 0.206. The Morgan fingerprint density at radius 1 is 1.14 bits per heavy atom. The first kappa shape index (κ1) is 27.1. The van der Waals surface area contributed by atoms with Crippen LogP contribution in [0, 0.1) is 10.1 Å². The van der Waals surface area contributed by atoms with Crippen molar-refractivity contribution in [3.05, 3.63) is 63.7 Å². The molecule has 1 saturated heterocycles. The quantitative estimate of drug-likeness (QED) is 0.194. The molecule has 0 spiro atoms. The van der Waals surface area contributed by atoms with E-state index in [-0.39, 0.29) is 48.6 Å². The number of hydrogen-bond donors (Lipinski definition) is 2. The molecule has 194 valence electrons. The number of nitrogens with zero attached hydrogens (tertiary/aromatic N) is 2. The summed E-state index contributed by atoms with van der Waals surface area (Å²) in [5, 5.41) is 18.1. The van der Waals surface area contributed by atoms with Crippen molar-refractivity contribution in [1.29, 1.82) is 0 Å². The van der Waals surface area contributed by atoms with Gasteiger partial charge in [0.1, 0.15) is 12.3 Å². The van der Waals surface area contributed by atoms with Crippen LogP contribution in [0.4, 0.5) is 17.1 Å². The molecule has 1 heterocycles. The Morgan fingerprint density at radius 3 is 2.61 bits per heavy atom. The van der Waals surface area contributed by atoms with E-state index in [2.05, 4.69) is 15.5 Å². The summed E-state index contributed by atoms with van der Waals surface area (Å²) >= 11 is 0. The molecule has 1 unspecified atom stereocenters. The van der Waals surface area contributed by atoms with Gasteiger partial charge in [0, 0.05) is 51.1 Å². The van der Waals surface area contributed by atoms with Crippen LogP contribution in [0.2, 0.25) is 0 Å². The summed E-state index contributed by atoms with van der Waals surface area (Å²) < 4.78 is 15.1. The van der Waals surface area contributed by atoms with Gasteiger partial charge in [-0.05, 0) is 36.8 Å². The highest BCUT2D eigenvalue weighted by Gasteiger charge is 2.26. The lowest BCUT2D eigenvalue weighted by molar-refractivity contribution is -0.383. The predicted octanol–water partition coefficient (Wildman–Crippen LogP) is 3.04. The number of carbonyl (C=O) groups excluding carboxylic acids is 2. The first-order chi connectivity index (χ1) is 17.4. The van der Waals surface area contributed by atoms with Crippen LogP contribution in [-0.4, -0.2) is 74.9 Å². The normalized spacial score (nSPS) is 14.6. The lowest BCUT2D eigenvalue weighted by Gasteiger charge is -2.35. The van der Waals surface area contributed by atoms with Gasteiger partial charge in [0.15, 0.2) is 0 Å². The maximum atomic E-state index is 12.3. The first-order valence-corrected chi connectivity index (χ1v) is 11.8. The van der Waals surface area contributed by atoms with Crippen molar-refractivity contribution in [3.8, 4) is 0 Å². The van der Waals surface area contributed by atoms with E-state index in [0.29, 0.717) is 12.3 Å². The van der Waals surface area contributed by atoms with E-state index in [0.717, 1.165) is 31.7 Å². The van der Waals surface area contributed by atoms with E-state index in [1.807, 2.05) is 18.2 Å². The van der Waals surface area contributed by atoms with Gasteiger partial charge in [0.2, 0.25) is 0 Å². The largest absolute Gasteiger partial charge is 0.466 e. The Morgan fingerprint density at radius 2 is 1.92 bits per heavy atom. The zero-order chi connectivity index (χ0) is 25.9. The van der Waals surface area contributed by atoms with Crippen molar-refractivity contribution < 1.29 is 28.7 Å². The van der Waals surface area contributed by atoms with E-state index < -0.39 is 10.9 Å². The van der Waals surface area contributed by atoms with Crippen molar-refractivity contribution in [1.82, 2.24) is 10.2 Å². The topological polar surface area (TPSA) is 132 Å². The number of esters is 2. The minimum absolute atomic E-state index is 0.0516. The Bertz CT molecular complexity index is 1060. The third-order valence-corrected chi connectivity index (χ3v) is 5.76. The molecule has 2 N–H and O–H groups in total. The number of benzene rings is 2. The zero-order valence-corrected chi connectivity index (χ0v) is 20.5. The molecule has 1 fully saturated rings. The van der Waals surface area contributed by atoms with Crippen molar-refractivity contribution in [2.24, 2.45) is 0 Å². The van der Waals surface area contributed by atoms with E-state index in [1.54, 1.807) is 13.0 Å². The zero-order valence-electron chi connectivity index (χ0n) is 20.5. The highest BCUT2D eigenvalue weighted by atomic mass is 16.6. The summed E-state index contributed by atoms with van der Waals surface area (Å²) in [4.78, 5) is 38.0. The molecule has 36 heavy (non-hydrogen) atoms. The molecule has 0 aliphatic carbocycles. The number of hydrogen-bond acceptors (Lipinski definition) is 10. The van der Waals surface area contributed by atoms with Crippen LogP contribution >= 0.6 is 0 Å². The molecule has 2 aromatic carbocycles. The fourth-order valence-electron chi connectivity index (χ4n) is 4.02. The summed E-state index contributed by atoms with van der Waals surface area (Å²) in [5.74, 6) is -0.940. The highest BCUT2D eigenvalue weighted by molar-refractivity contribution is 5.91. The number of piperazine rings is 1. The van der Waals surface area contributed by atoms with Crippen LogP contribution in [0.3, 0.4) is 0 Å². The SMILES string of the molecule is CCOC(=O)CC(c1cccc(Nc2ccc(C(=O)OCCOC)cc2[N+](=O)[O-])c1)N1CCNCC1. The van der Waals surface area contributed by atoms with Crippen LogP contribution in [0.1, 0.15) is 35.3 Å². The molecule has 1 aliphatic rings.